The van der Waals surface area contributed by atoms with Crippen LogP contribution >= 0.6 is 23.2 Å². The first-order chi connectivity index (χ1) is 29.9. The molecule has 4 aromatic carbocycles. The maximum absolute atomic E-state index is 16.2. The molecule has 1 saturated carbocycles. The molecule has 3 saturated heterocycles. The fourth-order valence-electron chi connectivity index (χ4n) is 10.3. The molecule has 6 atom stereocenters. The van der Waals surface area contributed by atoms with Crippen LogP contribution < -0.4 is 21.3 Å². The van der Waals surface area contributed by atoms with Crippen LogP contribution in [0, 0.1) is 23.6 Å². The van der Waals surface area contributed by atoms with Gasteiger partial charge in [0.2, 0.25) is 17.7 Å². The molecule has 4 fully saturated rings. The van der Waals surface area contributed by atoms with Gasteiger partial charge in [0.1, 0.15) is 17.4 Å². The van der Waals surface area contributed by atoms with Crippen molar-refractivity contribution in [2.75, 3.05) is 18.4 Å². The Kier molecular flexibility index (Phi) is 10.0. The van der Waals surface area contributed by atoms with Gasteiger partial charge in [-0.2, -0.15) is 0 Å². The number of fused-ring (bicyclic) bond motifs is 4. The molecule has 62 heavy (non-hydrogen) atoms. The van der Waals surface area contributed by atoms with Crippen LogP contribution in [0.2, 0.25) is 10.0 Å². The van der Waals surface area contributed by atoms with E-state index < -0.39 is 46.9 Å². The van der Waals surface area contributed by atoms with Gasteiger partial charge in [-0.3, -0.25) is 43.9 Å². The van der Waals surface area contributed by atoms with Gasteiger partial charge in [-0.1, -0.05) is 71.4 Å². The Hall–Kier alpha value is -5.91. The first kappa shape index (κ1) is 40.2. The average molecular weight is 874 g/mol. The zero-order chi connectivity index (χ0) is 43.0. The number of nitrogens with one attached hydrogen (secondary N) is 4. The summed E-state index contributed by atoms with van der Waals surface area (Å²) in [6.45, 7) is 0.899. The van der Waals surface area contributed by atoms with Gasteiger partial charge in [0, 0.05) is 77.4 Å². The maximum Gasteiger partial charge on any atom is 0.263 e. The van der Waals surface area contributed by atoms with Gasteiger partial charge < -0.3 is 16.0 Å². The highest BCUT2D eigenvalue weighted by Gasteiger charge is 2.69. The third-order valence-electron chi connectivity index (χ3n) is 13.2. The summed E-state index contributed by atoms with van der Waals surface area (Å²) in [5.41, 5.74) is 2.58. The summed E-state index contributed by atoms with van der Waals surface area (Å²) in [6, 6.07) is 20.8. The molecule has 0 bridgehead atoms. The number of amides is 6. The summed E-state index contributed by atoms with van der Waals surface area (Å²) in [5.74, 6) is 2.31. The van der Waals surface area contributed by atoms with Crippen LogP contribution in [0.5, 0.6) is 0 Å². The fraction of sp³-hybridized carbons (Fsp3) is 0.319. The maximum atomic E-state index is 16.2. The van der Waals surface area contributed by atoms with E-state index in [4.69, 9.17) is 23.2 Å². The minimum absolute atomic E-state index is 0.00587. The van der Waals surface area contributed by atoms with Gasteiger partial charge in [-0.25, -0.2) is 4.39 Å². The Morgan fingerprint density at radius 2 is 1.71 bits per heavy atom. The second-order valence-electron chi connectivity index (χ2n) is 16.8. The Labute approximate surface area is 365 Å². The molecule has 12 nitrogen and oxygen atoms in total. The second kappa shape index (κ2) is 15.5. The molecule has 4 aromatic rings. The number of hydrogen-bond donors (Lipinski definition) is 4. The normalized spacial score (nSPS) is 26.2. The van der Waals surface area contributed by atoms with Crippen molar-refractivity contribution in [1.82, 2.24) is 25.8 Å². The van der Waals surface area contributed by atoms with Gasteiger partial charge in [0.05, 0.1) is 16.1 Å². The molecule has 314 valence electrons. The predicted molar refractivity (Wildman–Crippen MR) is 227 cm³/mol. The van der Waals surface area contributed by atoms with Gasteiger partial charge >= 0.3 is 0 Å². The minimum atomic E-state index is -1.19. The molecule has 15 heteroatoms. The van der Waals surface area contributed by atoms with E-state index in [9.17, 15) is 28.8 Å². The van der Waals surface area contributed by atoms with Crippen LogP contribution in [-0.4, -0.2) is 76.5 Å². The summed E-state index contributed by atoms with van der Waals surface area (Å²) in [5, 5.41) is 12.5. The van der Waals surface area contributed by atoms with Crippen molar-refractivity contribution in [3.63, 3.8) is 0 Å². The Balaban J connectivity index is 0.833. The molecule has 0 aromatic heterocycles. The number of rotatable bonds is 8. The number of carbonyl (C=O) groups is 6. The number of halogens is 3. The molecule has 6 amide bonds. The first-order valence-electron chi connectivity index (χ1n) is 20.8. The summed E-state index contributed by atoms with van der Waals surface area (Å²) < 4.78 is 16.2. The molecule has 5 aliphatic heterocycles. The first-order valence-corrected chi connectivity index (χ1v) is 21.5. The Morgan fingerprint density at radius 3 is 2.48 bits per heavy atom. The van der Waals surface area contributed by atoms with Crippen molar-refractivity contribution in [2.24, 2.45) is 5.92 Å². The molecular formula is C47H39Cl2FN6O6. The van der Waals surface area contributed by atoms with Gasteiger partial charge in [0.15, 0.2) is 0 Å². The van der Waals surface area contributed by atoms with E-state index in [1.807, 2.05) is 18.2 Å². The summed E-state index contributed by atoms with van der Waals surface area (Å²) >= 11 is 12.8. The van der Waals surface area contributed by atoms with Crippen molar-refractivity contribution in [3.8, 4) is 11.8 Å². The summed E-state index contributed by atoms with van der Waals surface area (Å²) in [7, 11) is 0. The zero-order valence-electron chi connectivity index (χ0n) is 33.1. The van der Waals surface area contributed by atoms with Crippen LogP contribution in [0.1, 0.15) is 104 Å². The van der Waals surface area contributed by atoms with Crippen molar-refractivity contribution in [3.05, 3.63) is 134 Å². The highest BCUT2D eigenvalue weighted by atomic mass is 35.5. The average Bonchev–Trinajstić information content (AvgIpc) is 3.72. The van der Waals surface area contributed by atoms with E-state index in [0.29, 0.717) is 46.3 Å². The molecular weight excluding hydrogens is 834 g/mol. The van der Waals surface area contributed by atoms with Crippen LogP contribution in [0.15, 0.2) is 78.9 Å². The van der Waals surface area contributed by atoms with Crippen LogP contribution in [0.4, 0.5) is 10.1 Å². The largest absolute Gasteiger partial charge is 0.351 e. The molecule has 4 N–H and O–H groups in total. The summed E-state index contributed by atoms with van der Waals surface area (Å²) in [4.78, 5) is 81.6. The van der Waals surface area contributed by atoms with Crippen molar-refractivity contribution >= 4 is 64.3 Å². The highest BCUT2D eigenvalue weighted by molar-refractivity contribution is 6.31. The zero-order valence-corrected chi connectivity index (χ0v) is 34.6. The molecule has 1 aliphatic carbocycles. The number of hydrogen-bond acceptors (Lipinski definition) is 8. The van der Waals surface area contributed by atoms with E-state index in [0.717, 1.165) is 28.9 Å². The smallest absolute Gasteiger partial charge is 0.263 e. The second-order valence-corrected chi connectivity index (χ2v) is 17.6. The highest BCUT2D eigenvalue weighted by Crippen LogP contribution is 2.61. The lowest BCUT2D eigenvalue weighted by Crippen LogP contribution is -2.54. The summed E-state index contributed by atoms with van der Waals surface area (Å²) in [6.07, 6.45) is 3.11. The van der Waals surface area contributed by atoms with Gasteiger partial charge in [0.25, 0.3) is 17.7 Å². The third kappa shape index (κ3) is 6.51. The number of likely N-dealkylation sites (tertiary alicyclic amines) is 1. The molecule has 6 aliphatic rings. The third-order valence-corrected chi connectivity index (χ3v) is 13.7. The SMILES string of the molecule is O=C1CCC(N2C(=O)c3cccc(C#CCCNC(=O)c4ccc([C@H]5C[C@H]6[C@@H](N5)[C@H](c5cccc(Cl)c5F)[C@]5(C(=O)Nc7cc(Cl)ccc75)N6CC5CC5)cc4)c3C2=O)C(=O)N1. The lowest BCUT2D eigenvalue weighted by Gasteiger charge is -2.41. The van der Waals surface area contributed by atoms with Crippen LogP contribution in [0.3, 0.4) is 0 Å². The monoisotopic (exact) mass is 872 g/mol. The quantitative estimate of drug-likeness (QED) is 0.0979. The van der Waals surface area contributed by atoms with Crippen molar-refractivity contribution < 1.29 is 33.2 Å². The molecule has 10 rings (SSSR count). The van der Waals surface area contributed by atoms with Crippen molar-refractivity contribution in [1.29, 1.82) is 0 Å². The number of carbonyl (C=O) groups excluding carboxylic acids is 6. The Bertz CT molecular complexity index is 2700. The molecule has 1 unspecified atom stereocenters. The topological polar surface area (TPSA) is 157 Å². The predicted octanol–water partition coefficient (Wildman–Crippen LogP) is 5.83. The van der Waals surface area contributed by atoms with Crippen LogP contribution in [0.25, 0.3) is 0 Å². The number of imide groups is 2. The van der Waals surface area contributed by atoms with E-state index in [2.05, 4.69) is 38.0 Å². The van der Waals surface area contributed by atoms with Gasteiger partial charge in [-0.05, 0) is 85.2 Å². The molecule has 1 spiro atoms. The number of piperidine rings is 1. The minimum Gasteiger partial charge on any atom is -0.351 e. The number of nitrogens with zero attached hydrogens (tertiary/aromatic N) is 2. The Morgan fingerprint density at radius 1 is 0.919 bits per heavy atom. The van der Waals surface area contributed by atoms with E-state index in [-0.39, 0.29) is 71.9 Å². The number of benzene rings is 4. The lowest BCUT2D eigenvalue weighted by atomic mass is 9.73. The standard InChI is InChI=1S/C47H39Cl2FN6O6/c48-28-16-17-31-34(21-28)53-46(62)47(31)39(30-8-4-9-32(49)40(30)50)41-36(55(47)23-24-10-11-24)22-33(52-41)25-12-14-27(15-13-25)42(58)51-20-2-1-5-26-6-3-7-29-38(26)45(61)56(44(29)60)35-18-19-37(57)54-43(35)59/h3-4,6-9,12-17,21,24,33,35-36,39,41,52H,2,10-11,18-20,22-23H2,(H,51,58)(H,53,62)(H,54,57,59)/t33-,35?,36+,39+,41-,47-/m1/s1. The lowest BCUT2D eigenvalue weighted by molar-refractivity contribution is -0.136. The fourth-order valence-corrected chi connectivity index (χ4v) is 10.6. The van der Waals surface area contributed by atoms with Crippen LogP contribution in [-0.2, 0) is 19.9 Å². The van der Waals surface area contributed by atoms with Crippen molar-refractivity contribution in [2.45, 2.75) is 74.1 Å². The molecule has 0 radical (unpaired) electrons. The number of anilines is 1. The van der Waals surface area contributed by atoms with E-state index in [1.165, 1.54) is 12.1 Å². The van der Waals surface area contributed by atoms with E-state index >= 15 is 4.39 Å². The van der Waals surface area contributed by atoms with E-state index in [1.54, 1.807) is 48.5 Å². The molecule has 5 heterocycles. The van der Waals surface area contributed by atoms with Gasteiger partial charge in [-0.15, -0.1) is 0 Å².